The molecule has 0 spiro atoms. The summed E-state index contributed by atoms with van der Waals surface area (Å²) in [5, 5.41) is 0. The van der Waals surface area contributed by atoms with Gasteiger partial charge in [0.1, 0.15) is 0 Å². The van der Waals surface area contributed by atoms with Crippen LogP contribution < -0.4 is 0 Å². The summed E-state index contributed by atoms with van der Waals surface area (Å²) >= 11 is 9.32. The third-order valence-corrected chi connectivity index (χ3v) is 8.25. The third kappa shape index (κ3) is 3.17. The molecule has 0 N–H and O–H groups in total. The van der Waals surface area contributed by atoms with E-state index in [0.29, 0.717) is 0 Å². The number of thiophene rings is 3. The molecule has 3 heterocycles. The Bertz CT molecular complexity index is 740. The van der Waals surface area contributed by atoms with Crippen LogP contribution in [-0.2, 0) is 0 Å². The lowest BCUT2D eigenvalue weighted by molar-refractivity contribution is 1.40. The molecule has 3 aromatic rings. The smallest absolute Gasteiger partial charge is 0.0675 e. The highest BCUT2D eigenvalue weighted by atomic mass is 32.2. The maximum Gasteiger partial charge on any atom is 0.0675 e. The molecule has 0 nitrogen and oxygen atoms in total. The number of fused-ring (bicyclic) bond motifs is 1. The summed E-state index contributed by atoms with van der Waals surface area (Å²) < 4.78 is 5.59. The summed E-state index contributed by atoms with van der Waals surface area (Å²) in [7, 11) is 0. The molecular weight excluding hydrogens is 340 g/mol. The van der Waals surface area contributed by atoms with Gasteiger partial charge in [0.2, 0.25) is 0 Å². The molecule has 0 aliphatic carbocycles. The molecule has 0 saturated heterocycles. The first kappa shape index (κ1) is 14.7. The first-order valence-corrected chi connectivity index (χ1v) is 10.2. The Labute approximate surface area is 139 Å². The Morgan fingerprint density at radius 3 is 2.40 bits per heavy atom. The number of hydrogen-bond acceptors (Lipinski definition) is 5. The van der Waals surface area contributed by atoms with Gasteiger partial charge in [0, 0.05) is 24.0 Å². The molecule has 0 aromatic carbocycles. The molecule has 104 valence electrons. The van der Waals surface area contributed by atoms with Crippen molar-refractivity contribution in [2.45, 2.75) is 34.1 Å². The van der Waals surface area contributed by atoms with Gasteiger partial charge in [-0.1, -0.05) is 30.1 Å². The van der Waals surface area contributed by atoms with Crippen LogP contribution in [0.4, 0.5) is 0 Å². The molecule has 5 heteroatoms. The highest BCUT2D eigenvalue weighted by Crippen LogP contribution is 2.45. The van der Waals surface area contributed by atoms with Gasteiger partial charge >= 0.3 is 0 Å². The highest BCUT2D eigenvalue weighted by Gasteiger charge is 2.11. The topological polar surface area (TPSA) is 0 Å². The fraction of sp³-hybridized carbons (Fsp3) is 0.200. The molecule has 0 unspecified atom stereocenters. The zero-order chi connectivity index (χ0) is 14.3. The number of rotatable bonds is 4. The maximum atomic E-state index is 3.98. The van der Waals surface area contributed by atoms with E-state index in [2.05, 4.69) is 45.5 Å². The van der Waals surface area contributed by atoms with Crippen molar-refractivity contribution in [1.29, 1.82) is 0 Å². The predicted octanol–water partition coefficient (Wildman–Crippen LogP) is 7.42. The van der Waals surface area contributed by atoms with Gasteiger partial charge in [-0.15, -0.1) is 34.0 Å². The van der Waals surface area contributed by atoms with Crippen molar-refractivity contribution < 1.29 is 0 Å². The van der Waals surface area contributed by atoms with Crippen LogP contribution in [0.3, 0.4) is 0 Å². The lowest BCUT2D eigenvalue weighted by atomic mass is 10.5. The number of hydrogen-bond donors (Lipinski definition) is 0. The van der Waals surface area contributed by atoms with Gasteiger partial charge in [-0.25, -0.2) is 0 Å². The number of aryl methyl sites for hydroxylation is 2. The van der Waals surface area contributed by atoms with E-state index in [1.54, 1.807) is 11.8 Å². The summed E-state index contributed by atoms with van der Waals surface area (Å²) in [4.78, 5) is 5.28. The summed E-state index contributed by atoms with van der Waals surface area (Å²) in [6.07, 6.45) is 0. The van der Waals surface area contributed by atoms with Crippen molar-refractivity contribution in [3.8, 4) is 0 Å². The molecule has 0 fully saturated rings. The van der Waals surface area contributed by atoms with Gasteiger partial charge in [-0.05, 0) is 43.9 Å². The van der Waals surface area contributed by atoms with Crippen LogP contribution in [0.1, 0.15) is 16.7 Å². The summed E-state index contributed by atoms with van der Waals surface area (Å²) in [6.45, 7) is 10.4. The van der Waals surface area contributed by atoms with Crippen molar-refractivity contribution in [3.63, 3.8) is 0 Å². The molecule has 0 radical (unpaired) electrons. The molecular formula is C15H14S5. The minimum atomic E-state index is 1.15. The van der Waals surface area contributed by atoms with E-state index >= 15 is 0 Å². The van der Waals surface area contributed by atoms with Crippen LogP contribution in [0.25, 0.3) is 9.40 Å². The Morgan fingerprint density at radius 2 is 1.70 bits per heavy atom. The van der Waals surface area contributed by atoms with Gasteiger partial charge in [-0.2, -0.15) is 0 Å². The molecule has 0 aliphatic heterocycles. The largest absolute Gasteiger partial charge is 0.140 e. The van der Waals surface area contributed by atoms with Crippen LogP contribution in [-0.4, -0.2) is 0 Å². The zero-order valence-corrected chi connectivity index (χ0v) is 15.6. The Morgan fingerprint density at radius 1 is 1.00 bits per heavy atom. The Kier molecular flexibility index (Phi) is 4.34. The molecule has 0 amide bonds. The van der Waals surface area contributed by atoms with Gasteiger partial charge in [0.25, 0.3) is 0 Å². The quantitative estimate of drug-likeness (QED) is 0.447. The van der Waals surface area contributed by atoms with E-state index in [1.807, 2.05) is 45.8 Å². The van der Waals surface area contributed by atoms with Crippen LogP contribution in [0.15, 0.2) is 43.0 Å². The highest BCUT2D eigenvalue weighted by molar-refractivity contribution is 8.04. The molecule has 3 aromatic heterocycles. The van der Waals surface area contributed by atoms with Crippen LogP contribution in [0, 0.1) is 13.8 Å². The summed E-state index contributed by atoms with van der Waals surface area (Å²) in [6, 6.07) is 6.91. The van der Waals surface area contributed by atoms with Gasteiger partial charge < -0.3 is 0 Å². The zero-order valence-electron chi connectivity index (χ0n) is 11.5. The standard InChI is InChI=1S/C15H14S5/c1-8(2)16-11-6-14(18-10(11)4)20-15-7-13-12(19-15)5-9(3)17-13/h5-7H,1H2,2-4H3. The summed E-state index contributed by atoms with van der Waals surface area (Å²) in [5.41, 5.74) is 0. The van der Waals surface area contributed by atoms with Gasteiger partial charge in [0.05, 0.1) is 8.42 Å². The molecule has 0 saturated carbocycles. The normalized spacial score (nSPS) is 11.3. The van der Waals surface area contributed by atoms with Crippen molar-refractivity contribution in [1.82, 2.24) is 0 Å². The van der Waals surface area contributed by atoms with Crippen LogP contribution in [0.2, 0.25) is 0 Å². The fourth-order valence-electron chi connectivity index (χ4n) is 1.86. The minimum Gasteiger partial charge on any atom is -0.140 e. The van der Waals surface area contributed by atoms with Crippen molar-refractivity contribution in [2.24, 2.45) is 0 Å². The Hall–Kier alpha value is -0.200. The lowest BCUT2D eigenvalue weighted by Crippen LogP contribution is -1.67. The SMILES string of the molecule is C=C(C)Sc1cc(Sc2cc3sc(C)cc3s2)sc1C. The second-order valence-electron chi connectivity index (χ2n) is 4.54. The average Bonchev–Trinajstić information content (AvgIpc) is 2.93. The average molecular weight is 355 g/mol. The van der Waals surface area contributed by atoms with Gasteiger partial charge in [-0.3, -0.25) is 0 Å². The second-order valence-corrected chi connectivity index (χ2v) is 11.1. The van der Waals surface area contributed by atoms with Crippen molar-refractivity contribution >= 4 is 66.9 Å². The monoisotopic (exact) mass is 354 g/mol. The van der Waals surface area contributed by atoms with Crippen LogP contribution in [0.5, 0.6) is 0 Å². The first-order valence-electron chi connectivity index (χ1n) is 6.13. The fourth-order valence-corrected chi connectivity index (χ4v) is 7.94. The van der Waals surface area contributed by atoms with E-state index in [4.69, 9.17) is 0 Å². The molecule has 20 heavy (non-hydrogen) atoms. The van der Waals surface area contributed by atoms with E-state index in [0.717, 1.165) is 4.91 Å². The third-order valence-electron chi connectivity index (χ3n) is 2.64. The molecule has 0 aliphatic rings. The van der Waals surface area contributed by atoms with E-state index < -0.39 is 0 Å². The van der Waals surface area contributed by atoms with E-state index in [9.17, 15) is 0 Å². The molecule has 0 bridgehead atoms. The summed E-state index contributed by atoms with van der Waals surface area (Å²) in [5.74, 6) is 0. The van der Waals surface area contributed by atoms with Crippen molar-refractivity contribution in [3.05, 3.63) is 39.4 Å². The number of allylic oxidation sites excluding steroid dienone is 1. The molecule has 0 atom stereocenters. The number of thioether (sulfide) groups is 1. The first-order chi connectivity index (χ1) is 9.51. The Balaban J connectivity index is 1.83. The van der Waals surface area contributed by atoms with Gasteiger partial charge in [0.15, 0.2) is 0 Å². The van der Waals surface area contributed by atoms with Crippen LogP contribution >= 0.6 is 57.5 Å². The lowest BCUT2D eigenvalue weighted by Gasteiger charge is -1.96. The van der Waals surface area contributed by atoms with E-state index in [-0.39, 0.29) is 0 Å². The van der Waals surface area contributed by atoms with E-state index in [1.165, 1.54) is 32.5 Å². The maximum absolute atomic E-state index is 3.98. The predicted molar refractivity (Wildman–Crippen MR) is 98.3 cm³/mol. The second kappa shape index (κ2) is 5.89. The minimum absolute atomic E-state index is 1.15. The van der Waals surface area contributed by atoms with Crippen molar-refractivity contribution in [2.75, 3.05) is 0 Å². The molecule has 3 rings (SSSR count).